The van der Waals surface area contributed by atoms with Gasteiger partial charge in [-0.15, -0.1) is 0 Å². The van der Waals surface area contributed by atoms with Crippen molar-refractivity contribution in [2.75, 3.05) is 0 Å². The molecule has 2 aromatic rings. The normalized spacial score (nSPS) is 10.5. The Balaban J connectivity index is 2.40. The summed E-state index contributed by atoms with van der Waals surface area (Å²) in [5, 5.41) is 0. The lowest BCUT2D eigenvalue weighted by Crippen LogP contribution is -1.94. The predicted octanol–water partition coefficient (Wildman–Crippen LogP) is 4.87. The van der Waals surface area contributed by atoms with E-state index >= 15 is 0 Å². The van der Waals surface area contributed by atoms with Gasteiger partial charge in [0.1, 0.15) is 5.75 Å². The molecule has 0 saturated heterocycles. The van der Waals surface area contributed by atoms with Gasteiger partial charge in [-0.3, -0.25) is 0 Å². The Kier molecular flexibility index (Phi) is 3.71. The van der Waals surface area contributed by atoms with Crippen molar-refractivity contribution in [2.24, 2.45) is 0 Å². The van der Waals surface area contributed by atoms with E-state index in [1.54, 1.807) is 6.20 Å². The van der Waals surface area contributed by atoms with Crippen LogP contribution < -0.4 is 4.74 Å². The second-order valence-corrected chi connectivity index (χ2v) is 5.46. The smallest absolute Gasteiger partial charge is 0.233 e. The van der Waals surface area contributed by atoms with Gasteiger partial charge in [-0.1, -0.05) is 6.07 Å². The molecule has 18 heavy (non-hydrogen) atoms. The van der Waals surface area contributed by atoms with Crippen LogP contribution in [0.4, 0.5) is 0 Å². The van der Waals surface area contributed by atoms with Gasteiger partial charge in [-0.2, -0.15) is 0 Å². The highest BCUT2D eigenvalue weighted by molar-refractivity contribution is 9.10. The second kappa shape index (κ2) is 5.11. The molecule has 94 valence electrons. The molecule has 0 bridgehead atoms. The van der Waals surface area contributed by atoms with E-state index in [1.165, 1.54) is 11.1 Å². The van der Waals surface area contributed by atoms with Gasteiger partial charge in [-0.25, -0.2) is 4.98 Å². The minimum Gasteiger partial charge on any atom is -0.438 e. The number of aromatic nitrogens is 1. The molecule has 0 fully saturated rings. The lowest BCUT2D eigenvalue weighted by molar-refractivity contribution is 0.455. The molecule has 0 amide bonds. The summed E-state index contributed by atoms with van der Waals surface area (Å²) < 4.78 is 6.77. The highest BCUT2D eigenvalue weighted by atomic mass is 79.9. The summed E-state index contributed by atoms with van der Waals surface area (Å²) in [6, 6.07) is 6.19. The lowest BCUT2D eigenvalue weighted by atomic mass is 10.1. The van der Waals surface area contributed by atoms with Crippen molar-refractivity contribution in [3.63, 3.8) is 0 Å². The van der Waals surface area contributed by atoms with Crippen LogP contribution in [0.25, 0.3) is 0 Å². The highest BCUT2D eigenvalue weighted by Gasteiger charge is 2.09. The Morgan fingerprint density at radius 1 is 1.00 bits per heavy atom. The van der Waals surface area contributed by atoms with Crippen LogP contribution in [-0.2, 0) is 0 Å². The first-order valence-corrected chi connectivity index (χ1v) is 6.64. The number of aryl methyl sites for hydroxylation is 3. The highest BCUT2D eigenvalue weighted by Crippen LogP contribution is 2.31. The Labute approximate surface area is 116 Å². The number of ether oxygens (including phenoxy) is 1. The molecule has 0 aliphatic heterocycles. The van der Waals surface area contributed by atoms with E-state index in [0.29, 0.717) is 5.88 Å². The minimum atomic E-state index is 0.605. The molecule has 0 N–H and O–H groups in total. The molecule has 0 aliphatic rings. The third-order valence-corrected chi connectivity index (χ3v) is 3.48. The van der Waals surface area contributed by atoms with E-state index in [9.17, 15) is 0 Å². The van der Waals surface area contributed by atoms with Crippen LogP contribution in [0.5, 0.6) is 11.6 Å². The maximum atomic E-state index is 5.90. The molecule has 0 unspecified atom stereocenters. The summed E-state index contributed by atoms with van der Waals surface area (Å²) in [6.07, 6.45) is 1.80. The molecule has 1 heterocycles. The average Bonchev–Trinajstić information content (AvgIpc) is 2.29. The van der Waals surface area contributed by atoms with E-state index in [2.05, 4.69) is 47.8 Å². The van der Waals surface area contributed by atoms with Gasteiger partial charge < -0.3 is 4.74 Å². The molecule has 1 aromatic carbocycles. The molecule has 0 radical (unpaired) electrons. The predicted molar refractivity (Wildman–Crippen MR) is 77.4 cm³/mol. The number of halogens is 1. The fourth-order valence-corrected chi connectivity index (χ4v) is 2.35. The number of pyridine rings is 1. The summed E-state index contributed by atoms with van der Waals surface area (Å²) in [7, 11) is 0. The zero-order chi connectivity index (χ0) is 13.3. The summed E-state index contributed by atoms with van der Waals surface area (Å²) in [6.45, 7) is 8.22. The number of hydrogen-bond donors (Lipinski definition) is 0. The molecule has 0 spiro atoms. The Morgan fingerprint density at radius 2 is 1.72 bits per heavy atom. The first kappa shape index (κ1) is 13.1. The quantitative estimate of drug-likeness (QED) is 0.789. The van der Waals surface area contributed by atoms with Crippen LogP contribution in [0.1, 0.15) is 22.3 Å². The van der Waals surface area contributed by atoms with Crippen molar-refractivity contribution in [3.8, 4) is 11.6 Å². The lowest BCUT2D eigenvalue weighted by Gasteiger charge is -2.12. The second-order valence-electron chi connectivity index (χ2n) is 4.61. The maximum Gasteiger partial charge on any atom is 0.233 e. The van der Waals surface area contributed by atoms with Crippen LogP contribution in [0.3, 0.4) is 0 Å². The molecule has 0 saturated carbocycles. The summed E-state index contributed by atoms with van der Waals surface area (Å²) in [4.78, 5) is 4.30. The molecule has 0 atom stereocenters. The van der Waals surface area contributed by atoms with Gasteiger partial charge in [-0.05, 0) is 78.0 Å². The Morgan fingerprint density at radius 3 is 2.39 bits per heavy atom. The first-order chi connectivity index (χ1) is 8.47. The van der Waals surface area contributed by atoms with Gasteiger partial charge >= 0.3 is 0 Å². The van der Waals surface area contributed by atoms with Gasteiger partial charge in [0.25, 0.3) is 0 Å². The Hall–Kier alpha value is -1.35. The van der Waals surface area contributed by atoms with Gasteiger partial charge in [0.05, 0.1) is 4.47 Å². The van der Waals surface area contributed by atoms with Crippen molar-refractivity contribution in [1.29, 1.82) is 0 Å². The van der Waals surface area contributed by atoms with Crippen molar-refractivity contribution in [2.45, 2.75) is 27.7 Å². The molecular formula is C15H16BrNO. The third kappa shape index (κ3) is 2.72. The largest absolute Gasteiger partial charge is 0.438 e. The molecular weight excluding hydrogens is 290 g/mol. The Bertz CT molecular complexity index is 593. The fraction of sp³-hybridized carbons (Fsp3) is 0.267. The minimum absolute atomic E-state index is 0.605. The zero-order valence-corrected chi connectivity index (χ0v) is 12.6. The number of benzene rings is 1. The van der Waals surface area contributed by atoms with Crippen molar-refractivity contribution in [3.05, 3.63) is 51.1 Å². The summed E-state index contributed by atoms with van der Waals surface area (Å²) in [5.41, 5.74) is 4.67. The first-order valence-electron chi connectivity index (χ1n) is 5.85. The molecule has 2 nitrogen and oxygen atoms in total. The molecule has 2 rings (SSSR count). The van der Waals surface area contributed by atoms with E-state index in [-0.39, 0.29) is 0 Å². The SMILES string of the molecule is Cc1cnc(Oc2cc(C)cc(C)c2C)c(Br)c1. The number of nitrogens with zero attached hydrogens (tertiary/aromatic N) is 1. The van der Waals surface area contributed by atoms with Crippen LogP contribution in [-0.4, -0.2) is 4.98 Å². The van der Waals surface area contributed by atoms with E-state index in [0.717, 1.165) is 21.3 Å². The molecule has 3 heteroatoms. The van der Waals surface area contributed by atoms with E-state index < -0.39 is 0 Å². The summed E-state index contributed by atoms with van der Waals surface area (Å²) in [5.74, 6) is 1.47. The monoisotopic (exact) mass is 305 g/mol. The van der Waals surface area contributed by atoms with Crippen molar-refractivity contribution in [1.82, 2.24) is 4.98 Å². The maximum absolute atomic E-state index is 5.90. The summed E-state index contributed by atoms with van der Waals surface area (Å²) >= 11 is 3.48. The van der Waals surface area contributed by atoms with Crippen LogP contribution in [0.2, 0.25) is 0 Å². The van der Waals surface area contributed by atoms with E-state index in [4.69, 9.17) is 4.74 Å². The standard InChI is InChI=1S/C15H16BrNO/c1-9-5-11(3)12(4)14(7-9)18-15-13(16)6-10(2)8-17-15/h5-8H,1-4H3. The number of hydrogen-bond acceptors (Lipinski definition) is 2. The van der Waals surface area contributed by atoms with Gasteiger partial charge in [0.15, 0.2) is 0 Å². The average molecular weight is 306 g/mol. The molecule has 0 aliphatic carbocycles. The zero-order valence-electron chi connectivity index (χ0n) is 11.0. The van der Waals surface area contributed by atoms with Crippen LogP contribution in [0, 0.1) is 27.7 Å². The third-order valence-electron chi connectivity index (χ3n) is 2.91. The van der Waals surface area contributed by atoms with Crippen LogP contribution in [0.15, 0.2) is 28.9 Å². The van der Waals surface area contributed by atoms with Gasteiger partial charge in [0.2, 0.25) is 5.88 Å². The van der Waals surface area contributed by atoms with Crippen molar-refractivity contribution < 1.29 is 4.74 Å². The topological polar surface area (TPSA) is 22.1 Å². The fourth-order valence-electron chi connectivity index (χ4n) is 1.81. The van der Waals surface area contributed by atoms with Crippen LogP contribution >= 0.6 is 15.9 Å². The van der Waals surface area contributed by atoms with Crippen molar-refractivity contribution >= 4 is 15.9 Å². The number of rotatable bonds is 2. The van der Waals surface area contributed by atoms with E-state index in [1.807, 2.05) is 19.1 Å². The van der Waals surface area contributed by atoms with Gasteiger partial charge in [0, 0.05) is 6.20 Å². The molecule has 1 aromatic heterocycles.